The van der Waals surface area contributed by atoms with E-state index >= 15 is 0 Å². The maximum Gasteiger partial charge on any atom is 0.302 e. The van der Waals surface area contributed by atoms with Gasteiger partial charge in [0.1, 0.15) is 12.2 Å². The zero-order valence-electron chi connectivity index (χ0n) is 10.5. The van der Waals surface area contributed by atoms with Gasteiger partial charge in [-0.25, -0.2) is 0 Å². The molecule has 0 N–H and O–H groups in total. The Balaban J connectivity index is 1.91. The fourth-order valence-corrected chi connectivity index (χ4v) is 3.26. The van der Waals surface area contributed by atoms with Gasteiger partial charge in [-0.15, -0.1) is 0 Å². The van der Waals surface area contributed by atoms with Crippen molar-refractivity contribution < 1.29 is 19.1 Å². The van der Waals surface area contributed by atoms with Crippen LogP contribution >= 0.6 is 0 Å². The lowest BCUT2D eigenvalue weighted by atomic mass is 9.69. The van der Waals surface area contributed by atoms with E-state index in [0.717, 1.165) is 32.1 Å². The molecule has 2 aliphatic rings. The summed E-state index contributed by atoms with van der Waals surface area (Å²) in [5.74, 6) is 0.556. The van der Waals surface area contributed by atoms with Crippen LogP contribution in [0.5, 0.6) is 0 Å². The Hall–Kier alpha value is -1.06. The van der Waals surface area contributed by atoms with Gasteiger partial charge in [-0.05, 0) is 43.9 Å². The molecule has 0 radical (unpaired) electrons. The van der Waals surface area contributed by atoms with Gasteiger partial charge < -0.3 is 9.47 Å². The monoisotopic (exact) mass is 240 g/mol. The van der Waals surface area contributed by atoms with E-state index in [-0.39, 0.29) is 24.1 Å². The van der Waals surface area contributed by atoms with E-state index in [1.165, 1.54) is 13.8 Å². The number of fused-ring (bicyclic) bond motifs is 2. The molecule has 2 aliphatic carbocycles. The summed E-state index contributed by atoms with van der Waals surface area (Å²) in [6, 6.07) is 0. The topological polar surface area (TPSA) is 52.6 Å². The van der Waals surface area contributed by atoms with Crippen LogP contribution in [0.1, 0.15) is 46.0 Å². The first-order valence-electron chi connectivity index (χ1n) is 6.40. The van der Waals surface area contributed by atoms with Gasteiger partial charge in [-0.1, -0.05) is 0 Å². The number of rotatable bonds is 2. The van der Waals surface area contributed by atoms with Crippen LogP contribution in [-0.4, -0.2) is 24.1 Å². The Labute approximate surface area is 102 Å². The van der Waals surface area contributed by atoms with Gasteiger partial charge >= 0.3 is 11.9 Å². The van der Waals surface area contributed by atoms with Gasteiger partial charge in [-0.2, -0.15) is 0 Å². The van der Waals surface area contributed by atoms with Crippen molar-refractivity contribution >= 4 is 11.9 Å². The largest absolute Gasteiger partial charge is 0.462 e. The minimum absolute atomic E-state index is 0.0852. The second-order valence-corrected chi connectivity index (χ2v) is 5.21. The van der Waals surface area contributed by atoms with Crippen molar-refractivity contribution in [3.8, 4) is 0 Å². The molecule has 17 heavy (non-hydrogen) atoms. The summed E-state index contributed by atoms with van der Waals surface area (Å²) >= 11 is 0. The molecule has 96 valence electrons. The quantitative estimate of drug-likeness (QED) is 0.693. The third-order valence-electron chi connectivity index (χ3n) is 3.94. The molecule has 0 saturated heterocycles. The van der Waals surface area contributed by atoms with Crippen LogP contribution in [0.2, 0.25) is 0 Å². The minimum atomic E-state index is -0.185. The Kier molecular flexibility index (Phi) is 3.69. The van der Waals surface area contributed by atoms with Crippen LogP contribution in [-0.2, 0) is 19.1 Å². The fourth-order valence-electron chi connectivity index (χ4n) is 3.26. The molecule has 4 heteroatoms. The molecule has 2 saturated carbocycles. The van der Waals surface area contributed by atoms with Gasteiger partial charge in [0, 0.05) is 13.8 Å². The molecule has 0 aromatic rings. The average molecular weight is 240 g/mol. The first-order chi connectivity index (χ1) is 8.06. The summed E-state index contributed by atoms with van der Waals surface area (Å²) in [6.45, 7) is 2.94. The second kappa shape index (κ2) is 5.07. The van der Waals surface area contributed by atoms with Crippen LogP contribution in [0.3, 0.4) is 0 Å². The van der Waals surface area contributed by atoms with Crippen molar-refractivity contribution in [2.24, 2.45) is 11.8 Å². The zero-order chi connectivity index (χ0) is 12.4. The third kappa shape index (κ3) is 2.99. The normalized spacial score (nSPS) is 36.1. The molecule has 2 bridgehead atoms. The molecule has 2 rings (SSSR count). The molecule has 0 spiro atoms. The number of carbonyl (C=O) groups excluding carboxylic acids is 2. The molecule has 0 aliphatic heterocycles. The molecule has 0 unspecified atom stereocenters. The van der Waals surface area contributed by atoms with Crippen molar-refractivity contribution in [3.05, 3.63) is 0 Å². The van der Waals surface area contributed by atoms with E-state index < -0.39 is 0 Å². The van der Waals surface area contributed by atoms with Crippen molar-refractivity contribution in [2.75, 3.05) is 0 Å². The summed E-state index contributed by atoms with van der Waals surface area (Å²) in [5, 5.41) is 0. The lowest BCUT2D eigenvalue weighted by molar-refractivity contribution is -0.161. The number of esters is 2. The van der Waals surface area contributed by atoms with E-state index in [1.54, 1.807) is 0 Å². The Bertz CT molecular complexity index is 283. The first-order valence-corrected chi connectivity index (χ1v) is 6.40. The second-order valence-electron chi connectivity index (χ2n) is 5.21. The number of ether oxygens (including phenoxy) is 2. The highest BCUT2D eigenvalue weighted by Crippen LogP contribution is 2.42. The predicted molar refractivity (Wildman–Crippen MR) is 61.2 cm³/mol. The van der Waals surface area contributed by atoms with E-state index in [2.05, 4.69) is 0 Å². The highest BCUT2D eigenvalue weighted by atomic mass is 16.5. The molecular formula is C13H20O4. The number of hydrogen-bond donors (Lipinski definition) is 0. The average Bonchev–Trinajstić information content (AvgIpc) is 2.24. The SMILES string of the molecule is CC(=O)O[C@@H]1CC[C@H]2C[C@H]1CC[C@H]2OC(C)=O. The smallest absolute Gasteiger partial charge is 0.302 e. The number of carbonyl (C=O) groups is 2. The summed E-state index contributed by atoms with van der Waals surface area (Å²) in [4.78, 5) is 22.0. The predicted octanol–water partition coefficient (Wildman–Crippen LogP) is 2.06. The highest BCUT2D eigenvalue weighted by molar-refractivity contribution is 5.66. The molecule has 2 fully saturated rings. The lowest BCUT2D eigenvalue weighted by Crippen LogP contribution is -2.42. The molecule has 0 heterocycles. The maximum absolute atomic E-state index is 11.0. The third-order valence-corrected chi connectivity index (χ3v) is 3.94. The van der Waals surface area contributed by atoms with Crippen LogP contribution in [0, 0.1) is 11.8 Å². The Morgan fingerprint density at radius 2 is 1.24 bits per heavy atom. The minimum Gasteiger partial charge on any atom is -0.462 e. The number of hydrogen-bond acceptors (Lipinski definition) is 4. The van der Waals surface area contributed by atoms with Gasteiger partial charge in [-0.3, -0.25) is 9.59 Å². The molecule has 0 amide bonds. The Morgan fingerprint density at radius 1 is 0.824 bits per heavy atom. The fraction of sp³-hybridized carbons (Fsp3) is 0.846. The van der Waals surface area contributed by atoms with E-state index in [0.29, 0.717) is 11.8 Å². The summed E-state index contributed by atoms with van der Waals surface area (Å²) < 4.78 is 10.7. The summed E-state index contributed by atoms with van der Waals surface area (Å²) in [7, 11) is 0. The molecule has 0 aromatic heterocycles. The first kappa shape index (κ1) is 12.4. The molecule has 4 nitrogen and oxygen atoms in total. The van der Waals surface area contributed by atoms with Gasteiger partial charge in [0.15, 0.2) is 0 Å². The van der Waals surface area contributed by atoms with Gasteiger partial charge in [0.2, 0.25) is 0 Å². The van der Waals surface area contributed by atoms with Crippen molar-refractivity contribution in [2.45, 2.75) is 58.2 Å². The summed E-state index contributed by atoms with van der Waals surface area (Å²) in [6.07, 6.45) is 5.00. The molecular weight excluding hydrogens is 220 g/mol. The Morgan fingerprint density at radius 3 is 1.59 bits per heavy atom. The van der Waals surface area contributed by atoms with Crippen LogP contribution in [0.15, 0.2) is 0 Å². The molecule has 4 atom stereocenters. The summed E-state index contributed by atoms with van der Waals surface area (Å²) in [5.41, 5.74) is 0. The van der Waals surface area contributed by atoms with Gasteiger partial charge in [0.05, 0.1) is 0 Å². The zero-order valence-corrected chi connectivity index (χ0v) is 10.5. The van der Waals surface area contributed by atoms with Crippen molar-refractivity contribution in [3.63, 3.8) is 0 Å². The van der Waals surface area contributed by atoms with Crippen LogP contribution in [0.25, 0.3) is 0 Å². The standard InChI is InChI=1S/C13H20O4/c1-8(14)16-12-5-3-11-7-10(12)4-6-13(11)17-9(2)15/h10-13H,3-7H2,1-2H3/t10-,11+,12-,13-/m1/s1. The van der Waals surface area contributed by atoms with Gasteiger partial charge in [0.25, 0.3) is 0 Å². The highest BCUT2D eigenvalue weighted by Gasteiger charge is 2.41. The van der Waals surface area contributed by atoms with Crippen molar-refractivity contribution in [1.82, 2.24) is 0 Å². The van der Waals surface area contributed by atoms with Crippen LogP contribution in [0.4, 0.5) is 0 Å². The van der Waals surface area contributed by atoms with E-state index in [1.807, 2.05) is 0 Å². The molecule has 0 aromatic carbocycles. The lowest BCUT2D eigenvalue weighted by Gasteiger charge is -2.43. The van der Waals surface area contributed by atoms with E-state index in [9.17, 15) is 9.59 Å². The van der Waals surface area contributed by atoms with E-state index in [4.69, 9.17) is 9.47 Å². The van der Waals surface area contributed by atoms with Crippen LogP contribution < -0.4 is 0 Å². The maximum atomic E-state index is 11.0. The van der Waals surface area contributed by atoms with Crippen molar-refractivity contribution in [1.29, 1.82) is 0 Å².